The van der Waals surface area contributed by atoms with Crippen molar-refractivity contribution in [1.82, 2.24) is 39.1 Å². The number of halogens is 6. The predicted octanol–water partition coefficient (Wildman–Crippen LogP) is 17.4. The zero-order valence-electron chi connectivity index (χ0n) is 64.7. The van der Waals surface area contributed by atoms with E-state index in [1.807, 2.05) is 82.5 Å². The molecule has 4 aliphatic rings. The van der Waals surface area contributed by atoms with Gasteiger partial charge in [0.2, 0.25) is 17.1 Å². The maximum atomic E-state index is 14.9. The van der Waals surface area contributed by atoms with E-state index >= 15 is 0 Å². The molecule has 31 heteroatoms. The number of ketones is 4. The largest absolute Gasteiger partial charge is 0.505 e. The second-order valence-electron chi connectivity index (χ2n) is 27.2. The number of Topliss-reactive ketones (excluding diaryl/α,β-unsaturated/α-hetero) is 4. The minimum absolute atomic E-state index is 0.0132. The van der Waals surface area contributed by atoms with Gasteiger partial charge in [-0.25, -0.2) is 23.8 Å². The van der Waals surface area contributed by atoms with Crippen molar-refractivity contribution in [1.29, 1.82) is 0 Å². The molecular formula is C88H70Cl5FN20O5. The van der Waals surface area contributed by atoms with Crippen molar-refractivity contribution >= 4 is 127 Å². The molecule has 0 fully saturated rings. The molecule has 4 aliphatic heterocycles. The fraction of sp³-hybridized carbons (Fsp3) is 0.182. The van der Waals surface area contributed by atoms with E-state index in [1.165, 1.54) is 6.07 Å². The summed E-state index contributed by atoms with van der Waals surface area (Å²) in [5, 5.41) is 19.3. The first kappa shape index (κ1) is 83.9. The van der Waals surface area contributed by atoms with Crippen molar-refractivity contribution in [2.75, 3.05) is 59.0 Å². The number of nitrogens with two attached hydrogens (primary N) is 4. The molecule has 0 atom stereocenters. The number of carbonyl (C=O) groups is 4. The fourth-order valence-electron chi connectivity index (χ4n) is 14.9. The van der Waals surface area contributed by atoms with Gasteiger partial charge in [0.25, 0.3) is 0 Å². The zero-order valence-corrected chi connectivity index (χ0v) is 68.5. The van der Waals surface area contributed by atoms with Gasteiger partial charge in [-0.1, -0.05) is 132 Å². The molecule has 8 heterocycles. The average molecular weight is 1680 g/mol. The van der Waals surface area contributed by atoms with Gasteiger partial charge in [0.05, 0.1) is 124 Å². The number of fused-ring (bicyclic) bond motifs is 4. The number of ether oxygens (including phenoxy) is 1. The van der Waals surface area contributed by atoms with Crippen LogP contribution in [-0.4, -0.2) is 144 Å². The van der Waals surface area contributed by atoms with Gasteiger partial charge < -0.3 is 27.7 Å². The lowest BCUT2D eigenvalue weighted by Crippen LogP contribution is -2.26. The van der Waals surface area contributed by atoms with E-state index in [2.05, 4.69) is 59.7 Å². The number of carbonyl (C=O) groups excluding carboxylic acids is 4. The highest BCUT2D eigenvalue weighted by atomic mass is 35.5. The maximum Gasteiger partial charge on any atom is 0.237 e. The highest BCUT2D eigenvalue weighted by Gasteiger charge is 2.32. The molecule has 0 spiro atoms. The van der Waals surface area contributed by atoms with Gasteiger partial charge in [-0.15, -0.1) is 0 Å². The van der Waals surface area contributed by atoms with Crippen LogP contribution in [-0.2, 0) is 34.6 Å². The highest BCUT2D eigenvalue weighted by Crippen LogP contribution is 2.48. The van der Waals surface area contributed by atoms with Gasteiger partial charge in [-0.2, -0.15) is 20.4 Å². The van der Waals surface area contributed by atoms with Crippen molar-refractivity contribution in [3.05, 3.63) is 273 Å². The van der Waals surface area contributed by atoms with E-state index in [9.17, 15) is 23.6 Å². The summed E-state index contributed by atoms with van der Waals surface area (Å²) in [5.41, 5.74) is 43.6. The molecule has 8 N–H and O–H groups in total. The van der Waals surface area contributed by atoms with Crippen molar-refractivity contribution < 1.29 is 28.3 Å². The van der Waals surface area contributed by atoms with Gasteiger partial charge in [-0.05, 0) is 95.8 Å². The number of para-hydroxylation sites is 4. The first-order chi connectivity index (χ1) is 57.4. The van der Waals surface area contributed by atoms with Gasteiger partial charge in [0.1, 0.15) is 37.7 Å². The molecule has 0 radical (unpaired) electrons. The normalized spacial score (nSPS) is 13.0. The van der Waals surface area contributed by atoms with Crippen LogP contribution in [0.5, 0.6) is 5.75 Å². The minimum Gasteiger partial charge on any atom is -0.505 e. The molecule has 12 aromatic rings. The van der Waals surface area contributed by atoms with E-state index in [1.54, 1.807) is 118 Å². The second kappa shape index (κ2) is 35.8. The summed E-state index contributed by atoms with van der Waals surface area (Å²) < 4.78 is 27.3. The van der Waals surface area contributed by atoms with Crippen molar-refractivity contribution in [3.8, 4) is 95.3 Å². The number of aryl methyl sites for hydroxylation is 5. The third-order valence-corrected chi connectivity index (χ3v) is 21.9. The molecule has 25 nitrogen and oxygen atoms in total. The van der Waals surface area contributed by atoms with Gasteiger partial charge in [0, 0.05) is 148 Å². The van der Waals surface area contributed by atoms with Crippen LogP contribution in [0.3, 0.4) is 0 Å². The third-order valence-electron chi connectivity index (χ3n) is 20.4. The SMILES string of the molecule is [C-]#[N+]c1c(CC)cccc1-c1c(-c2cc(Cl)c3c(c2)C(CN)=NCC3=O)cnn1C.[C-]#[N+]c1c(Cl)cccc1-c1c(-c2cc(Cl)c3c(c2)C(CN)=NCC3=O)cnn1C.[C-]#[N+]c1c(Cl)cccc1-c1c(-c2cc(F)c3c(c2)C(CN)=NCC3=O)cnn1C.[C-]#[N+]c1c(OCC)cccc1-c1c(-c2cc(Cl)c3c(c2)C(CN)=NCC3=O)cnn1C. The molecule has 119 heavy (non-hydrogen) atoms. The van der Waals surface area contributed by atoms with Crippen molar-refractivity contribution in [2.24, 2.45) is 71.1 Å². The van der Waals surface area contributed by atoms with Crippen LogP contribution < -0.4 is 27.7 Å². The number of nitrogens with zero attached hydrogens (tertiary/aromatic N) is 16. The number of hydrogen-bond donors (Lipinski definition) is 4. The van der Waals surface area contributed by atoms with E-state index in [0.717, 1.165) is 68.0 Å². The number of aromatic nitrogens is 8. The molecule has 0 bridgehead atoms. The van der Waals surface area contributed by atoms with E-state index < -0.39 is 5.82 Å². The summed E-state index contributed by atoms with van der Waals surface area (Å²) in [6.45, 7) is 35.6. The summed E-state index contributed by atoms with van der Waals surface area (Å²) in [7, 11) is 7.19. The number of aliphatic imine (C=N–C) groups is 4. The van der Waals surface area contributed by atoms with E-state index in [4.69, 9.17) is 112 Å². The van der Waals surface area contributed by atoms with Crippen LogP contribution in [0.2, 0.25) is 25.1 Å². The lowest BCUT2D eigenvalue weighted by molar-refractivity contribution is 0.0989. The Morgan fingerprint density at radius 3 is 0.992 bits per heavy atom. The van der Waals surface area contributed by atoms with Crippen LogP contribution in [0.25, 0.3) is 109 Å². The van der Waals surface area contributed by atoms with Crippen molar-refractivity contribution in [3.63, 3.8) is 0 Å². The lowest BCUT2D eigenvalue weighted by atomic mass is 9.91. The number of rotatable bonds is 15. The second-order valence-corrected chi connectivity index (χ2v) is 29.2. The number of hydrogen-bond acceptors (Lipinski definition) is 17. The van der Waals surface area contributed by atoms with Crippen LogP contribution in [0.15, 0.2) is 166 Å². The molecular weight excluding hydrogens is 1610 g/mol. The first-order valence-corrected chi connectivity index (χ1v) is 38.8. The molecule has 8 aromatic carbocycles. The summed E-state index contributed by atoms with van der Waals surface area (Å²) in [6.07, 6.45) is 7.53. The number of benzene rings is 8. The van der Waals surface area contributed by atoms with Crippen LogP contribution in [0.1, 0.15) is 83.1 Å². The van der Waals surface area contributed by atoms with Gasteiger partial charge >= 0.3 is 0 Å². The Balaban J connectivity index is 0.000000137. The molecule has 0 aliphatic carbocycles. The van der Waals surface area contributed by atoms with Crippen molar-refractivity contribution in [2.45, 2.75) is 20.3 Å². The van der Waals surface area contributed by atoms with Crippen LogP contribution in [0, 0.1) is 32.1 Å². The smallest absolute Gasteiger partial charge is 0.237 e. The Kier molecular flexibility index (Phi) is 25.2. The summed E-state index contributed by atoms with van der Waals surface area (Å²) in [4.78, 5) is 81.0. The minimum atomic E-state index is -0.630. The molecule has 4 aromatic heterocycles. The maximum absolute atomic E-state index is 14.9. The Hall–Kier alpha value is -13.1. The third kappa shape index (κ3) is 16.0. The van der Waals surface area contributed by atoms with Crippen LogP contribution in [0.4, 0.5) is 27.1 Å². The standard InChI is InChI=1S/C23H20ClN5O2.C23H20ClN5O.C21H15Cl2N5O.C21H15ClFN5O/c1-4-31-20-7-5-6-14(22(20)26-2)23-16(11-28-29(23)3)13-8-15-18(10-25)27-12-19(30)21(15)17(24)9-13;1-4-13-6-5-7-15(22(13)26-2)23-17(11-28-29(23)3)14-8-16-19(10-25)27-12-20(30)21(16)18(24)9-14;2*1-25-20-12(4-3-5-15(20)22)21-14(9-27-28(21)2)11-6-13-17(8-24)26-10-18(29)19(13)16(23)7-11/h5-9,11H,4,10,12,25H2,1,3H3;5-9,11H,4,10,12,25H2,1,3H3;2*3-7,9H,8,10,24H2,2H3. The highest BCUT2D eigenvalue weighted by molar-refractivity contribution is 6.38. The molecule has 16 rings (SSSR count). The zero-order chi connectivity index (χ0) is 84.9. The molecule has 594 valence electrons. The predicted molar refractivity (Wildman–Crippen MR) is 466 cm³/mol. The Morgan fingerprint density at radius 2 is 0.672 bits per heavy atom. The molecule has 0 amide bonds. The Morgan fingerprint density at radius 1 is 0.378 bits per heavy atom. The summed E-state index contributed by atoms with van der Waals surface area (Å²) in [5.74, 6) is -0.863. The van der Waals surface area contributed by atoms with E-state index in [-0.39, 0.29) is 86.7 Å². The monoisotopic (exact) mass is 1680 g/mol. The molecule has 0 unspecified atom stereocenters. The first-order valence-electron chi connectivity index (χ1n) is 36.9. The van der Waals surface area contributed by atoms with Crippen LogP contribution >= 0.6 is 58.0 Å². The summed E-state index contributed by atoms with van der Waals surface area (Å²) >= 11 is 32.0. The Labute approximate surface area is 707 Å². The summed E-state index contributed by atoms with van der Waals surface area (Å²) in [6, 6.07) is 35.7. The van der Waals surface area contributed by atoms with Gasteiger partial charge in [0.15, 0.2) is 28.8 Å². The van der Waals surface area contributed by atoms with Gasteiger partial charge in [-0.3, -0.25) is 57.9 Å². The molecule has 0 saturated heterocycles. The molecule has 0 saturated carbocycles. The quantitative estimate of drug-likeness (QED) is 0.0695. The average Bonchev–Trinajstić information content (AvgIpc) is 1.73. The van der Waals surface area contributed by atoms with E-state index in [0.29, 0.717) is 150 Å². The fourth-order valence-corrected chi connectivity index (χ4v) is 16.3. The Bertz CT molecular complexity index is 6360. The lowest BCUT2D eigenvalue weighted by Gasteiger charge is -2.18. The topological polar surface area (TPSA) is 320 Å².